The highest BCUT2D eigenvalue weighted by Crippen LogP contribution is 2.23. The standard InChI is InChI=1S/C17H21ClN4O2/c1-3-15-19-16(17(24)21-9-8-12(10-21)11(2)23)20-22(15)14-7-5-4-6-13(14)18/h4-7,11-12,23H,3,8-10H2,1-2H3. The van der Waals surface area contributed by atoms with E-state index in [0.717, 1.165) is 6.42 Å². The summed E-state index contributed by atoms with van der Waals surface area (Å²) in [6.45, 7) is 4.89. The average Bonchev–Trinajstić information content (AvgIpc) is 3.22. The van der Waals surface area contributed by atoms with Gasteiger partial charge in [-0.25, -0.2) is 9.67 Å². The molecule has 1 aliphatic rings. The molecule has 24 heavy (non-hydrogen) atoms. The molecule has 128 valence electrons. The van der Waals surface area contributed by atoms with E-state index in [1.165, 1.54) is 0 Å². The zero-order chi connectivity index (χ0) is 17.3. The van der Waals surface area contributed by atoms with E-state index in [9.17, 15) is 9.90 Å². The molecule has 1 aromatic heterocycles. The number of aromatic nitrogens is 3. The summed E-state index contributed by atoms with van der Waals surface area (Å²) in [6.07, 6.45) is 1.03. The largest absolute Gasteiger partial charge is 0.393 e. The summed E-state index contributed by atoms with van der Waals surface area (Å²) in [6, 6.07) is 7.36. The zero-order valence-electron chi connectivity index (χ0n) is 13.8. The monoisotopic (exact) mass is 348 g/mol. The van der Waals surface area contributed by atoms with Crippen molar-refractivity contribution in [1.29, 1.82) is 0 Å². The van der Waals surface area contributed by atoms with Crippen molar-refractivity contribution < 1.29 is 9.90 Å². The van der Waals surface area contributed by atoms with Crippen LogP contribution in [0, 0.1) is 5.92 Å². The molecule has 1 saturated heterocycles. The highest BCUT2D eigenvalue weighted by atomic mass is 35.5. The smallest absolute Gasteiger partial charge is 0.293 e. The minimum atomic E-state index is -0.414. The van der Waals surface area contributed by atoms with Gasteiger partial charge in [-0.15, -0.1) is 5.10 Å². The maximum absolute atomic E-state index is 12.7. The number of hydrogen-bond acceptors (Lipinski definition) is 4. The maximum atomic E-state index is 12.7. The maximum Gasteiger partial charge on any atom is 0.293 e. The molecule has 6 nitrogen and oxygen atoms in total. The lowest BCUT2D eigenvalue weighted by molar-refractivity contribution is 0.0750. The minimum Gasteiger partial charge on any atom is -0.393 e. The van der Waals surface area contributed by atoms with Crippen molar-refractivity contribution in [2.24, 2.45) is 5.92 Å². The second-order valence-electron chi connectivity index (χ2n) is 6.11. The molecular formula is C17H21ClN4O2. The first-order chi connectivity index (χ1) is 11.5. The minimum absolute atomic E-state index is 0.116. The van der Waals surface area contributed by atoms with Gasteiger partial charge in [0.1, 0.15) is 5.82 Å². The van der Waals surface area contributed by atoms with E-state index in [1.807, 2.05) is 25.1 Å². The van der Waals surface area contributed by atoms with E-state index in [2.05, 4.69) is 10.1 Å². The Bertz CT molecular complexity index is 744. The molecule has 1 amide bonds. The Balaban J connectivity index is 1.88. The fourth-order valence-electron chi connectivity index (χ4n) is 2.99. The first-order valence-electron chi connectivity index (χ1n) is 8.19. The third kappa shape index (κ3) is 3.16. The zero-order valence-corrected chi connectivity index (χ0v) is 14.6. The van der Waals surface area contributed by atoms with Crippen LogP contribution in [0.25, 0.3) is 5.69 Å². The van der Waals surface area contributed by atoms with Crippen LogP contribution in [-0.2, 0) is 6.42 Å². The number of aryl methyl sites for hydroxylation is 1. The van der Waals surface area contributed by atoms with Crippen LogP contribution in [0.1, 0.15) is 36.7 Å². The molecule has 1 N–H and O–H groups in total. The van der Waals surface area contributed by atoms with Gasteiger partial charge < -0.3 is 10.0 Å². The first kappa shape index (κ1) is 16.9. The van der Waals surface area contributed by atoms with Crippen LogP contribution in [-0.4, -0.2) is 49.9 Å². The highest BCUT2D eigenvalue weighted by molar-refractivity contribution is 6.32. The third-order valence-electron chi connectivity index (χ3n) is 4.46. The molecule has 1 fully saturated rings. The lowest BCUT2D eigenvalue weighted by Crippen LogP contribution is -2.31. The van der Waals surface area contributed by atoms with Crippen LogP contribution in [0.15, 0.2) is 24.3 Å². The number of benzene rings is 1. The van der Waals surface area contributed by atoms with Gasteiger partial charge in [-0.3, -0.25) is 4.79 Å². The molecule has 0 spiro atoms. The van der Waals surface area contributed by atoms with Crippen molar-refractivity contribution in [3.05, 3.63) is 40.9 Å². The molecule has 0 radical (unpaired) electrons. The number of halogens is 1. The number of para-hydroxylation sites is 1. The number of rotatable bonds is 4. The Hall–Kier alpha value is -1.92. The highest BCUT2D eigenvalue weighted by Gasteiger charge is 2.31. The summed E-state index contributed by atoms with van der Waals surface area (Å²) in [7, 11) is 0. The van der Waals surface area contributed by atoms with Crippen molar-refractivity contribution in [3.8, 4) is 5.69 Å². The van der Waals surface area contributed by atoms with Gasteiger partial charge in [0.25, 0.3) is 5.91 Å². The average molecular weight is 349 g/mol. The lowest BCUT2D eigenvalue weighted by atomic mass is 10.0. The SMILES string of the molecule is CCc1nc(C(=O)N2CCC(C(C)O)C2)nn1-c1ccccc1Cl. The van der Waals surface area contributed by atoms with Crippen LogP contribution in [0.2, 0.25) is 5.02 Å². The number of aliphatic hydroxyl groups is 1. The van der Waals surface area contributed by atoms with Crippen LogP contribution in [0.4, 0.5) is 0 Å². The van der Waals surface area contributed by atoms with E-state index < -0.39 is 6.10 Å². The van der Waals surface area contributed by atoms with Gasteiger partial charge in [0, 0.05) is 25.4 Å². The van der Waals surface area contributed by atoms with Crippen LogP contribution in [0.5, 0.6) is 0 Å². The fraction of sp³-hybridized carbons (Fsp3) is 0.471. The second kappa shape index (κ2) is 6.91. The van der Waals surface area contributed by atoms with Crippen molar-refractivity contribution in [1.82, 2.24) is 19.7 Å². The third-order valence-corrected chi connectivity index (χ3v) is 4.78. The quantitative estimate of drug-likeness (QED) is 0.920. The first-order valence-corrected chi connectivity index (χ1v) is 8.57. The van der Waals surface area contributed by atoms with Gasteiger partial charge in [0.2, 0.25) is 5.82 Å². The molecular weight excluding hydrogens is 328 g/mol. The number of carbonyl (C=O) groups is 1. The number of nitrogens with zero attached hydrogens (tertiary/aromatic N) is 4. The summed E-state index contributed by atoms with van der Waals surface area (Å²) in [5, 5.41) is 14.7. The van der Waals surface area contributed by atoms with Crippen LogP contribution < -0.4 is 0 Å². The molecule has 0 saturated carbocycles. The molecule has 7 heteroatoms. The fourth-order valence-corrected chi connectivity index (χ4v) is 3.20. The Morgan fingerprint density at radius 3 is 2.83 bits per heavy atom. The van der Waals surface area contributed by atoms with E-state index in [-0.39, 0.29) is 17.6 Å². The van der Waals surface area contributed by atoms with E-state index in [4.69, 9.17) is 11.6 Å². The van der Waals surface area contributed by atoms with Crippen LogP contribution >= 0.6 is 11.6 Å². The van der Waals surface area contributed by atoms with Gasteiger partial charge in [0.15, 0.2) is 0 Å². The summed E-state index contributed by atoms with van der Waals surface area (Å²) >= 11 is 6.25. The van der Waals surface area contributed by atoms with Gasteiger partial charge in [0.05, 0.1) is 16.8 Å². The number of carbonyl (C=O) groups excluding carboxylic acids is 1. The van der Waals surface area contributed by atoms with Gasteiger partial charge in [-0.2, -0.15) is 0 Å². The van der Waals surface area contributed by atoms with E-state index in [1.54, 1.807) is 22.6 Å². The molecule has 2 atom stereocenters. The van der Waals surface area contributed by atoms with Crippen molar-refractivity contribution in [2.75, 3.05) is 13.1 Å². The molecule has 2 unspecified atom stereocenters. The predicted octanol–water partition coefficient (Wildman–Crippen LogP) is 2.33. The normalized spacial score (nSPS) is 18.8. The lowest BCUT2D eigenvalue weighted by Gasteiger charge is -2.15. The number of likely N-dealkylation sites (tertiary alicyclic amines) is 1. The Morgan fingerprint density at radius 2 is 2.21 bits per heavy atom. The Kier molecular flexibility index (Phi) is 4.87. The molecule has 3 rings (SSSR count). The summed E-state index contributed by atoms with van der Waals surface area (Å²) < 4.78 is 1.64. The summed E-state index contributed by atoms with van der Waals surface area (Å²) in [4.78, 5) is 18.8. The van der Waals surface area contributed by atoms with Crippen molar-refractivity contribution in [3.63, 3.8) is 0 Å². The topological polar surface area (TPSA) is 71.2 Å². The molecule has 2 aromatic rings. The number of amides is 1. The Morgan fingerprint density at radius 1 is 1.46 bits per heavy atom. The molecule has 0 aliphatic carbocycles. The van der Waals surface area contributed by atoms with Gasteiger partial charge in [-0.05, 0) is 25.5 Å². The van der Waals surface area contributed by atoms with E-state index >= 15 is 0 Å². The Labute approximate surface area is 146 Å². The van der Waals surface area contributed by atoms with Crippen molar-refractivity contribution >= 4 is 17.5 Å². The predicted molar refractivity (Wildman–Crippen MR) is 91.4 cm³/mol. The number of aliphatic hydroxyl groups excluding tert-OH is 1. The van der Waals surface area contributed by atoms with Gasteiger partial charge in [-0.1, -0.05) is 30.7 Å². The van der Waals surface area contributed by atoms with Crippen molar-refractivity contribution in [2.45, 2.75) is 32.8 Å². The van der Waals surface area contributed by atoms with Gasteiger partial charge >= 0.3 is 0 Å². The van der Waals surface area contributed by atoms with Crippen LogP contribution in [0.3, 0.4) is 0 Å². The molecule has 0 bridgehead atoms. The molecule has 1 aliphatic heterocycles. The molecule has 1 aromatic carbocycles. The summed E-state index contributed by atoms with van der Waals surface area (Å²) in [5.41, 5.74) is 0.714. The van der Waals surface area contributed by atoms with E-state index in [0.29, 0.717) is 36.0 Å². The molecule has 2 heterocycles. The summed E-state index contributed by atoms with van der Waals surface area (Å²) in [5.74, 6) is 0.791. The number of hydrogen-bond donors (Lipinski definition) is 1. The second-order valence-corrected chi connectivity index (χ2v) is 6.52.